The number of hydrogen-bond donors (Lipinski definition) is 0. The van der Waals surface area contributed by atoms with E-state index in [1.165, 1.54) is 24.0 Å². The molecule has 3 nitrogen and oxygen atoms in total. The number of rotatable bonds is 8. The SMILES string of the molecule is c1ccc(COCC2CCN(COCc3ccccc3)CC2)cc1. The van der Waals surface area contributed by atoms with Crippen LogP contribution in [0.4, 0.5) is 0 Å². The summed E-state index contributed by atoms with van der Waals surface area (Å²) in [5.41, 5.74) is 2.49. The summed E-state index contributed by atoms with van der Waals surface area (Å²) in [6, 6.07) is 20.8. The lowest BCUT2D eigenvalue weighted by Gasteiger charge is -2.31. The van der Waals surface area contributed by atoms with Crippen LogP contribution in [0, 0.1) is 5.92 Å². The van der Waals surface area contributed by atoms with Crippen molar-refractivity contribution in [2.45, 2.75) is 26.1 Å². The Morgan fingerprint density at radius 2 is 1.29 bits per heavy atom. The highest BCUT2D eigenvalue weighted by molar-refractivity contribution is 5.14. The molecule has 1 aliphatic heterocycles. The van der Waals surface area contributed by atoms with Crippen LogP contribution in [0.1, 0.15) is 24.0 Å². The largest absolute Gasteiger partial charge is 0.376 e. The van der Waals surface area contributed by atoms with E-state index in [2.05, 4.69) is 53.4 Å². The highest BCUT2D eigenvalue weighted by Crippen LogP contribution is 2.18. The average molecular weight is 325 g/mol. The van der Waals surface area contributed by atoms with Crippen molar-refractivity contribution in [3.63, 3.8) is 0 Å². The smallest absolute Gasteiger partial charge is 0.0994 e. The number of hydrogen-bond acceptors (Lipinski definition) is 3. The van der Waals surface area contributed by atoms with E-state index < -0.39 is 0 Å². The predicted molar refractivity (Wildman–Crippen MR) is 96.5 cm³/mol. The third-order valence-corrected chi connectivity index (χ3v) is 4.56. The molecule has 0 saturated carbocycles. The Hall–Kier alpha value is -1.68. The van der Waals surface area contributed by atoms with Crippen molar-refractivity contribution in [2.75, 3.05) is 26.4 Å². The topological polar surface area (TPSA) is 21.7 Å². The lowest BCUT2D eigenvalue weighted by Crippen LogP contribution is -2.36. The Morgan fingerprint density at radius 1 is 0.750 bits per heavy atom. The summed E-state index contributed by atoms with van der Waals surface area (Å²) in [5, 5.41) is 0. The van der Waals surface area contributed by atoms with Gasteiger partial charge in [0.15, 0.2) is 0 Å². The van der Waals surface area contributed by atoms with Gasteiger partial charge in [-0.3, -0.25) is 4.90 Å². The van der Waals surface area contributed by atoms with Crippen molar-refractivity contribution < 1.29 is 9.47 Å². The molecule has 24 heavy (non-hydrogen) atoms. The quantitative estimate of drug-likeness (QED) is 0.730. The molecule has 1 fully saturated rings. The fourth-order valence-corrected chi connectivity index (χ4v) is 3.07. The highest BCUT2D eigenvalue weighted by atomic mass is 16.5. The second-order valence-corrected chi connectivity index (χ2v) is 6.53. The summed E-state index contributed by atoms with van der Waals surface area (Å²) in [5.74, 6) is 0.680. The molecule has 3 rings (SSSR count). The highest BCUT2D eigenvalue weighted by Gasteiger charge is 2.19. The van der Waals surface area contributed by atoms with Crippen molar-refractivity contribution in [1.29, 1.82) is 0 Å². The maximum Gasteiger partial charge on any atom is 0.0994 e. The predicted octanol–water partition coefficient (Wildman–Crippen LogP) is 4.09. The summed E-state index contributed by atoms with van der Waals surface area (Å²) >= 11 is 0. The Labute approximate surface area is 145 Å². The van der Waals surface area contributed by atoms with Crippen LogP contribution < -0.4 is 0 Å². The van der Waals surface area contributed by atoms with Gasteiger partial charge in [0.2, 0.25) is 0 Å². The van der Waals surface area contributed by atoms with E-state index in [0.29, 0.717) is 12.5 Å². The second kappa shape index (κ2) is 9.58. The number of ether oxygens (including phenoxy) is 2. The van der Waals surface area contributed by atoms with Crippen molar-refractivity contribution >= 4 is 0 Å². The molecule has 1 aliphatic rings. The Balaban J connectivity index is 1.27. The van der Waals surface area contributed by atoms with Gasteiger partial charge in [0.1, 0.15) is 0 Å². The van der Waals surface area contributed by atoms with Crippen LogP contribution in [-0.4, -0.2) is 31.3 Å². The molecule has 0 radical (unpaired) electrons. The summed E-state index contributed by atoms with van der Waals surface area (Å²) in [6.07, 6.45) is 2.40. The van der Waals surface area contributed by atoms with Gasteiger partial charge in [-0.2, -0.15) is 0 Å². The van der Waals surface area contributed by atoms with E-state index >= 15 is 0 Å². The number of likely N-dealkylation sites (tertiary alicyclic amines) is 1. The first-order valence-corrected chi connectivity index (χ1v) is 8.86. The van der Waals surface area contributed by atoms with Crippen LogP contribution in [0.5, 0.6) is 0 Å². The van der Waals surface area contributed by atoms with Gasteiger partial charge in [0.25, 0.3) is 0 Å². The minimum atomic E-state index is 0.680. The van der Waals surface area contributed by atoms with Gasteiger partial charge < -0.3 is 9.47 Å². The van der Waals surface area contributed by atoms with E-state index in [-0.39, 0.29) is 0 Å². The number of piperidine rings is 1. The van der Waals surface area contributed by atoms with Gasteiger partial charge in [0.05, 0.1) is 19.9 Å². The minimum absolute atomic E-state index is 0.680. The molecule has 0 unspecified atom stereocenters. The molecule has 1 heterocycles. The van der Waals surface area contributed by atoms with Gasteiger partial charge >= 0.3 is 0 Å². The van der Waals surface area contributed by atoms with E-state index in [9.17, 15) is 0 Å². The molecule has 0 N–H and O–H groups in total. The molecule has 2 aromatic rings. The first-order valence-electron chi connectivity index (χ1n) is 8.86. The van der Waals surface area contributed by atoms with Crippen LogP contribution in [0.2, 0.25) is 0 Å². The first-order chi connectivity index (χ1) is 11.9. The zero-order chi connectivity index (χ0) is 16.5. The molecule has 0 aliphatic carbocycles. The summed E-state index contributed by atoms with van der Waals surface area (Å²) < 4.78 is 11.7. The Bertz CT molecular complexity index is 511. The fourth-order valence-electron chi connectivity index (χ4n) is 3.07. The standard InChI is InChI=1S/C21H27NO2/c1-3-7-19(8-4-1)15-23-16-21-11-13-22(14-12-21)18-24-17-20-9-5-2-6-10-20/h1-10,21H,11-18H2. The maximum atomic E-state index is 5.88. The molecule has 0 amide bonds. The van der Waals surface area contributed by atoms with Gasteiger partial charge in [0, 0.05) is 19.7 Å². The van der Waals surface area contributed by atoms with Crippen LogP contribution in [-0.2, 0) is 22.7 Å². The fraction of sp³-hybridized carbons (Fsp3) is 0.429. The monoisotopic (exact) mass is 325 g/mol. The number of nitrogens with zero attached hydrogens (tertiary/aromatic N) is 1. The molecule has 1 saturated heterocycles. The third-order valence-electron chi connectivity index (χ3n) is 4.56. The lowest BCUT2D eigenvalue weighted by atomic mass is 9.98. The first kappa shape index (κ1) is 17.2. The van der Waals surface area contributed by atoms with Gasteiger partial charge in [-0.25, -0.2) is 0 Å². The molecular formula is C21H27NO2. The molecule has 128 valence electrons. The summed E-state index contributed by atoms with van der Waals surface area (Å²) in [6.45, 7) is 5.23. The van der Waals surface area contributed by atoms with Gasteiger partial charge in [-0.15, -0.1) is 0 Å². The second-order valence-electron chi connectivity index (χ2n) is 6.53. The summed E-state index contributed by atoms with van der Waals surface area (Å²) in [4.78, 5) is 2.40. The third kappa shape index (κ3) is 5.75. The average Bonchev–Trinajstić information content (AvgIpc) is 2.65. The molecule has 3 heteroatoms. The van der Waals surface area contributed by atoms with E-state index in [1.807, 2.05) is 12.1 Å². The van der Waals surface area contributed by atoms with Gasteiger partial charge in [-0.05, 0) is 29.9 Å². The van der Waals surface area contributed by atoms with Crippen LogP contribution in [0.25, 0.3) is 0 Å². The van der Waals surface area contributed by atoms with Crippen molar-refractivity contribution in [3.8, 4) is 0 Å². The van der Waals surface area contributed by atoms with Crippen molar-refractivity contribution in [2.24, 2.45) is 5.92 Å². The van der Waals surface area contributed by atoms with E-state index in [4.69, 9.17) is 9.47 Å². The van der Waals surface area contributed by atoms with Crippen LogP contribution in [0.3, 0.4) is 0 Å². The van der Waals surface area contributed by atoms with Gasteiger partial charge in [-0.1, -0.05) is 60.7 Å². The molecule has 0 spiro atoms. The van der Waals surface area contributed by atoms with Crippen molar-refractivity contribution in [3.05, 3.63) is 71.8 Å². The molecule has 0 aromatic heterocycles. The molecular weight excluding hydrogens is 298 g/mol. The van der Waals surface area contributed by atoms with Crippen molar-refractivity contribution in [1.82, 2.24) is 4.90 Å². The zero-order valence-electron chi connectivity index (χ0n) is 14.3. The molecule has 2 aromatic carbocycles. The molecule has 0 bridgehead atoms. The van der Waals surface area contributed by atoms with Crippen LogP contribution >= 0.6 is 0 Å². The zero-order valence-corrected chi connectivity index (χ0v) is 14.3. The van der Waals surface area contributed by atoms with E-state index in [1.54, 1.807) is 0 Å². The minimum Gasteiger partial charge on any atom is -0.376 e. The maximum absolute atomic E-state index is 5.88. The molecule has 0 atom stereocenters. The van der Waals surface area contributed by atoms with Crippen LogP contribution in [0.15, 0.2) is 60.7 Å². The Kier molecular flexibility index (Phi) is 6.84. The summed E-state index contributed by atoms with van der Waals surface area (Å²) in [7, 11) is 0. The number of benzene rings is 2. The lowest BCUT2D eigenvalue weighted by molar-refractivity contribution is -0.0102. The normalized spacial score (nSPS) is 16.3. The Morgan fingerprint density at radius 3 is 1.88 bits per heavy atom. The van der Waals surface area contributed by atoms with E-state index in [0.717, 1.165) is 33.0 Å².